The largest absolute Gasteiger partial charge is 0.481 e. The van der Waals surface area contributed by atoms with Crippen molar-refractivity contribution in [3.8, 4) is 0 Å². The van der Waals surface area contributed by atoms with E-state index in [2.05, 4.69) is 5.32 Å². The molecule has 0 radical (unpaired) electrons. The molecule has 142 valence electrons. The number of hydrogen-bond donors (Lipinski definition) is 3. The molecule has 1 fully saturated rings. The van der Waals surface area contributed by atoms with Gasteiger partial charge >= 0.3 is 5.97 Å². The number of carbonyl (C=O) groups is 3. The number of benzene rings is 1. The number of nitrogens with two attached hydrogens (primary N) is 1. The van der Waals surface area contributed by atoms with Crippen LogP contribution in [-0.4, -0.2) is 47.4 Å². The summed E-state index contributed by atoms with van der Waals surface area (Å²) < 4.78 is 0. The lowest BCUT2D eigenvalue weighted by molar-refractivity contribution is -0.136. The van der Waals surface area contributed by atoms with E-state index < -0.39 is 11.9 Å². The molecular formula is C19H27N3O4. The van der Waals surface area contributed by atoms with Crippen molar-refractivity contribution in [3.05, 3.63) is 34.9 Å². The summed E-state index contributed by atoms with van der Waals surface area (Å²) in [4.78, 5) is 34.9. The first kappa shape index (κ1) is 19.9. The quantitative estimate of drug-likeness (QED) is 0.737. The van der Waals surface area contributed by atoms with Crippen LogP contribution < -0.4 is 11.1 Å². The number of amides is 2. The Balaban J connectivity index is 0.000000431. The van der Waals surface area contributed by atoms with E-state index in [1.807, 2.05) is 11.0 Å². The van der Waals surface area contributed by atoms with E-state index >= 15 is 0 Å². The van der Waals surface area contributed by atoms with Crippen LogP contribution in [0.5, 0.6) is 0 Å². The average molecular weight is 361 g/mol. The first-order valence-electron chi connectivity index (χ1n) is 9.06. The fourth-order valence-electron chi connectivity index (χ4n) is 3.20. The van der Waals surface area contributed by atoms with Gasteiger partial charge in [0.05, 0.1) is 0 Å². The van der Waals surface area contributed by atoms with Crippen molar-refractivity contribution < 1.29 is 19.5 Å². The van der Waals surface area contributed by atoms with E-state index in [9.17, 15) is 14.4 Å². The summed E-state index contributed by atoms with van der Waals surface area (Å²) in [6.45, 7) is 5.21. The van der Waals surface area contributed by atoms with Gasteiger partial charge in [-0.05, 0) is 56.0 Å². The third kappa shape index (κ3) is 5.29. The minimum Gasteiger partial charge on any atom is -0.481 e. The molecule has 0 atom stereocenters. The maximum atomic E-state index is 12.4. The molecular weight excluding hydrogens is 334 g/mol. The smallest absolute Gasteiger partial charge is 0.303 e. The van der Waals surface area contributed by atoms with Crippen molar-refractivity contribution >= 4 is 17.8 Å². The highest BCUT2D eigenvalue weighted by Gasteiger charge is 2.28. The summed E-state index contributed by atoms with van der Waals surface area (Å²) in [5, 5.41) is 11.1. The van der Waals surface area contributed by atoms with Gasteiger partial charge in [0.25, 0.3) is 5.91 Å². The summed E-state index contributed by atoms with van der Waals surface area (Å²) >= 11 is 0. The van der Waals surface area contributed by atoms with Gasteiger partial charge in [0, 0.05) is 30.6 Å². The van der Waals surface area contributed by atoms with Crippen molar-refractivity contribution in [3.63, 3.8) is 0 Å². The monoisotopic (exact) mass is 361 g/mol. The molecule has 0 unspecified atom stereocenters. The van der Waals surface area contributed by atoms with Crippen LogP contribution in [-0.2, 0) is 11.3 Å². The fraction of sp³-hybridized carbons (Fsp3) is 0.526. The number of piperidine rings is 1. The third-order valence-corrected chi connectivity index (χ3v) is 4.84. The number of carboxylic acid groups (broad SMARTS) is 1. The summed E-state index contributed by atoms with van der Waals surface area (Å²) in [6, 6.07) is 5.17. The number of fused-ring (bicyclic) bond motifs is 1. The number of hydrogen-bond acceptors (Lipinski definition) is 4. The van der Waals surface area contributed by atoms with E-state index in [1.54, 1.807) is 19.1 Å². The molecule has 2 aliphatic heterocycles. The second-order valence-corrected chi connectivity index (χ2v) is 6.69. The predicted octanol–water partition coefficient (Wildman–Crippen LogP) is 1.61. The highest BCUT2D eigenvalue weighted by molar-refractivity contribution is 6.01. The molecule has 2 heterocycles. The SMILES string of the molecule is CCC(=O)O.NC(=O)c1ccc2c(c1)C(=O)N(CCC1CCNCC1)C2. The lowest BCUT2D eigenvalue weighted by Crippen LogP contribution is -2.31. The number of aliphatic carboxylic acids is 1. The predicted molar refractivity (Wildman–Crippen MR) is 97.8 cm³/mol. The zero-order valence-electron chi connectivity index (χ0n) is 15.2. The van der Waals surface area contributed by atoms with Gasteiger partial charge in [-0.2, -0.15) is 0 Å². The molecule has 0 spiro atoms. The molecule has 2 amide bonds. The minimum absolute atomic E-state index is 0.0297. The first-order valence-corrected chi connectivity index (χ1v) is 9.06. The molecule has 0 bridgehead atoms. The summed E-state index contributed by atoms with van der Waals surface area (Å²) in [5.41, 5.74) is 7.31. The van der Waals surface area contributed by atoms with Gasteiger partial charge in [-0.25, -0.2) is 0 Å². The van der Waals surface area contributed by atoms with Crippen LogP contribution in [0.3, 0.4) is 0 Å². The Labute approximate surface area is 153 Å². The Bertz CT molecular complexity index is 669. The van der Waals surface area contributed by atoms with E-state index in [0.29, 0.717) is 23.6 Å². The molecule has 1 aromatic carbocycles. The zero-order chi connectivity index (χ0) is 19.1. The van der Waals surface area contributed by atoms with Crippen molar-refractivity contribution in [1.29, 1.82) is 0 Å². The van der Waals surface area contributed by atoms with Crippen molar-refractivity contribution in [1.82, 2.24) is 10.2 Å². The number of rotatable bonds is 5. The Morgan fingerprint density at radius 2 is 1.96 bits per heavy atom. The Morgan fingerprint density at radius 3 is 2.54 bits per heavy atom. The first-order chi connectivity index (χ1) is 12.4. The Kier molecular flexibility index (Phi) is 7.15. The Hall–Kier alpha value is -2.41. The average Bonchev–Trinajstić information content (AvgIpc) is 2.96. The van der Waals surface area contributed by atoms with Crippen LogP contribution in [0, 0.1) is 5.92 Å². The topological polar surface area (TPSA) is 113 Å². The van der Waals surface area contributed by atoms with Gasteiger partial charge in [-0.3, -0.25) is 14.4 Å². The van der Waals surface area contributed by atoms with Crippen molar-refractivity contribution in [2.24, 2.45) is 11.7 Å². The maximum absolute atomic E-state index is 12.4. The maximum Gasteiger partial charge on any atom is 0.303 e. The summed E-state index contributed by atoms with van der Waals surface area (Å²) in [6.07, 6.45) is 3.67. The summed E-state index contributed by atoms with van der Waals surface area (Å²) in [5.74, 6) is -0.491. The number of nitrogens with zero attached hydrogens (tertiary/aromatic N) is 1. The van der Waals surface area contributed by atoms with Gasteiger partial charge in [0.15, 0.2) is 0 Å². The molecule has 0 aromatic heterocycles. The molecule has 26 heavy (non-hydrogen) atoms. The van der Waals surface area contributed by atoms with Crippen LogP contribution in [0.25, 0.3) is 0 Å². The normalized spacial score (nSPS) is 16.7. The van der Waals surface area contributed by atoms with Crippen LogP contribution >= 0.6 is 0 Å². The highest BCUT2D eigenvalue weighted by atomic mass is 16.4. The highest BCUT2D eigenvalue weighted by Crippen LogP contribution is 2.25. The van der Waals surface area contributed by atoms with Gasteiger partial charge in [0.1, 0.15) is 0 Å². The molecule has 1 saturated heterocycles. The standard InChI is InChI=1S/C16H21N3O2.C3H6O2/c17-15(20)12-1-2-13-10-19(16(21)14(13)9-12)8-5-11-3-6-18-7-4-11;1-2-3(4)5/h1-2,9,11,18H,3-8,10H2,(H2,17,20);2H2,1H3,(H,4,5). The fourth-order valence-corrected chi connectivity index (χ4v) is 3.20. The van der Waals surface area contributed by atoms with Gasteiger partial charge in [-0.1, -0.05) is 13.0 Å². The molecule has 7 heteroatoms. The number of carbonyl (C=O) groups excluding carboxylic acids is 2. The second kappa shape index (κ2) is 9.33. The van der Waals surface area contributed by atoms with Crippen molar-refractivity contribution in [2.45, 2.75) is 39.2 Å². The number of nitrogens with one attached hydrogen (secondary N) is 1. The summed E-state index contributed by atoms with van der Waals surface area (Å²) in [7, 11) is 0. The molecule has 0 saturated carbocycles. The number of primary amides is 1. The molecule has 4 N–H and O–H groups in total. The third-order valence-electron chi connectivity index (χ3n) is 4.84. The molecule has 2 aliphatic rings. The van der Waals surface area contributed by atoms with Gasteiger partial charge in [-0.15, -0.1) is 0 Å². The molecule has 1 aromatic rings. The van der Waals surface area contributed by atoms with E-state index in [1.165, 1.54) is 12.8 Å². The van der Waals surface area contributed by atoms with E-state index in [0.717, 1.165) is 31.6 Å². The Morgan fingerprint density at radius 1 is 1.31 bits per heavy atom. The molecule has 3 rings (SSSR count). The van der Waals surface area contributed by atoms with Crippen LogP contribution in [0.2, 0.25) is 0 Å². The van der Waals surface area contributed by atoms with E-state index in [-0.39, 0.29) is 12.3 Å². The molecule has 7 nitrogen and oxygen atoms in total. The van der Waals surface area contributed by atoms with Crippen LogP contribution in [0.4, 0.5) is 0 Å². The lowest BCUT2D eigenvalue weighted by atomic mass is 9.94. The minimum atomic E-state index is -0.745. The number of carboxylic acids is 1. The van der Waals surface area contributed by atoms with Gasteiger partial charge < -0.3 is 21.1 Å². The van der Waals surface area contributed by atoms with Crippen LogP contribution in [0.15, 0.2) is 18.2 Å². The lowest BCUT2D eigenvalue weighted by Gasteiger charge is -2.25. The molecule has 0 aliphatic carbocycles. The second-order valence-electron chi connectivity index (χ2n) is 6.69. The van der Waals surface area contributed by atoms with Crippen molar-refractivity contribution in [2.75, 3.05) is 19.6 Å². The van der Waals surface area contributed by atoms with Gasteiger partial charge in [0.2, 0.25) is 5.91 Å². The van der Waals surface area contributed by atoms with E-state index in [4.69, 9.17) is 10.8 Å². The van der Waals surface area contributed by atoms with Crippen LogP contribution in [0.1, 0.15) is 58.9 Å². The zero-order valence-corrected chi connectivity index (χ0v) is 15.2.